The third-order valence-electron chi connectivity index (χ3n) is 3.04. The van der Waals surface area contributed by atoms with Crippen LogP contribution in [0, 0.1) is 19.8 Å². The number of aliphatic hydroxyl groups excluding tert-OH is 1. The molecule has 0 aliphatic heterocycles. The minimum Gasteiger partial charge on any atom is -0.507 e. The normalized spacial score (nSPS) is 13.9. The molecule has 0 aliphatic rings. The highest BCUT2D eigenvalue weighted by atomic mass is 16.3. The predicted molar refractivity (Wildman–Crippen MR) is 75.4 cm³/mol. The lowest BCUT2D eigenvalue weighted by molar-refractivity contribution is 0.0936. The van der Waals surface area contributed by atoms with Gasteiger partial charge in [0.1, 0.15) is 5.75 Å². The molecule has 0 spiro atoms. The Morgan fingerprint density at radius 2 is 1.95 bits per heavy atom. The zero-order chi connectivity index (χ0) is 14.6. The molecule has 1 rings (SSSR count). The SMILES string of the molecule is Cc1cc(C)c(O)c(C(=O)NCC(C)CC(C)O)c1. The van der Waals surface area contributed by atoms with Crippen LogP contribution in [0.1, 0.15) is 41.8 Å². The van der Waals surface area contributed by atoms with E-state index in [4.69, 9.17) is 0 Å². The van der Waals surface area contributed by atoms with Crippen LogP contribution in [0.25, 0.3) is 0 Å². The first-order valence-corrected chi connectivity index (χ1v) is 6.57. The Labute approximate surface area is 114 Å². The fourth-order valence-corrected chi connectivity index (χ4v) is 2.16. The van der Waals surface area contributed by atoms with Gasteiger partial charge in [0.15, 0.2) is 0 Å². The lowest BCUT2D eigenvalue weighted by Gasteiger charge is -2.15. The average molecular weight is 265 g/mol. The van der Waals surface area contributed by atoms with Crippen molar-refractivity contribution in [1.29, 1.82) is 0 Å². The van der Waals surface area contributed by atoms with Gasteiger partial charge in [0, 0.05) is 6.54 Å². The zero-order valence-corrected chi connectivity index (χ0v) is 12.0. The number of hydrogen-bond acceptors (Lipinski definition) is 3. The topological polar surface area (TPSA) is 69.6 Å². The van der Waals surface area contributed by atoms with E-state index >= 15 is 0 Å². The molecule has 4 nitrogen and oxygen atoms in total. The van der Waals surface area contributed by atoms with Gasteiger partial charge in [-0.1, -0.05) is 13.0 Å². The largest absolute Gasteiger partial charge is 0.507 e. The number of aryl methyl sites for hydroxylation is 2. The molecule has 106 valence electrons. The second-order valence-corrected chi connectivity index (χ2v) is 5.38. The van der Waals surface area contributed by atoms with Gasteiger partial charge in [0.05, 0.1) is 11.7 Å². The van der Waals surface area contributed by atoms with Crippen molar-refractivity contribution >= 4 is 5.91 Å². The molecule has 0 saturated carbocycles. The summed E-state index contributed by atoms with van der Waals surface area (Å²) >= 11 is 0. The summed E-state index contributed by atoms with van der Waals surface area (Å²) in [5.41, 5.74) is 1.95. The molecule has 2 unspecified atom stereocenters. The first-order valence-electron chi connectivity index (χ1n) is 6.57. The quantitative estimate of drug-likeness (QED) is 0.764. The average Bonchev–Trinajstić information content (AvgIpc) is 2.29. The molecule has 3 N–H and O–H groups in total. The molecule has 0 fully saturated rings. The number of nitrogens with one attached hydrogen (secondary N) is 1. The van der Waals surface area contributed by atoms with Crippen molar-refractivity contribution in [2.24, 2.45) is 5.92 Å². The monoisotopic (exact) mass is 265 g/mol. The van der Waals surface area contributed by atoms with Crippen molar-refractivity contribution in [3.8, 4) is 5.75 Å². The summed E-state index contributed by atoms with van der Waals surface area (Å²) in [7, 11) is 0. The summed E-state index contributed by atoms with van der Waals surface area (Å²) in [6.45, 7) is 7.84. The van der Waals surface area contributed by atoms with Gasteiger partial charge in [-0.05, 0) is 50.3 Å². The Morgan fingerprint density at radius 3 is 2.53 bits per heavy atom. The molecule has 0 radical (unpaired) electrons. The third kappa shape index (κ3) is 4.56. The van der Waals surface area contributed by atoms with Crippen molar-refractivity contribution in [2.45, 2.75) is 40.2 Å². The van der Waals surface area contributed by atoms with Gasteiger partial charge < -0.3 is 15.5 Å². The van der Waals surface area contributed by atoms with Crippen LogP contribution in [0.15, 0.2) is 12.1 Å². The Morgan fingerprint density at radius 1 is 1.32 bits per heavy atom. The highest BCUT2D eigenvalue weighted by Crippen LogP contribution is 2.23. The number of hydrogen-bond donors (Lipinski definition) is 3. The van der Waals surface area contributed by atoms with Gasteiger partial charge in [-0.25, -0.2) is 0 Å². The fraction of sp³-hybridized carbons (Fsp3) is 0.533. The number of carbonyl (C=O) groups excluding carboxylic acids is 1. The smallest absolute Gasteiger partial charge is 0.255 e. The van der Waals surface area contributed by atoms with E-state index in [0.717, 1.165) is 5.56 Å². The van der Waals surface area contributed by atoms with Crippen LogP contribution in [0.4, 0.5) is 0 Å². The number of phenolic OH excluding ortho intramolecular Hbond substituents is 1. The van der Waals surface area contributed by atoms with Gasteiger partial charge >= 0.3 is 0 Å². The predicted octanol–water partition coefficient (Wildman–Crippen LogP) is 2.15. The van der Waals surface area contributed by atoms with E-state index < -0.39 is 0 Å². The summed E-state index contributed by atoms with van der Waals surface area (Å²) in [6.07, 6.45) is 0.264. The van der Waals surface area contributed by atoms with Crippen LogP contribution < -0.4 is 5.32 Å². The maximum Gasteiger partial charge on any atom is 0.255 e. The number of carbonyl (C=O) groups is 1. The maximum atomic E-state index is 12.0. The first kappa shape index (κ1) is 15.5. The fourth-order valence-electron chi connectivity index (χ4n) is 2.16. The van der Waals surface area contributed by atoms with Crippen LogP contribution in [-0.2, 0) is 0 Å². The molecular weight excluding hydrogens is 242 g/mol. The van der Waals surface area contributed by atoms with Crippen molar-refractivity contribution in [1.82, 2.24) is 5.32 Å². The van der Waals surface area contributed by atoms with Crippen molar-refractivity contribution in [2.75, 3.05) is 6.54 Å². The van der Waals surface area contributed by atoms with Gasteiger partial charge in [-0.3, -0.25) is 4.79 Å². The first-order chi connectivity index (χ1) is 8.81. The van der Waals surface area contributed by atoms with E-state index in [2.05, 4.69) is 5.32 Å². The minimum absolute atomic E-state index is 0.0336. The van der Waals surface area contributed by atoms with E-state index in [1.165, 1.54) is 0 Å². The summed E-state index contributed by atoms with van der Waals surface area (Å²) < 4.78 is 0. The molecule has 0 aliphatic carbocycles. The third-order valence-corrected chi connectivity index (χ3v) is 3.04. The Bertz CT molecular complexity index is 455. The lowest BCUT2D eigenvalue weighted by atomic mass is 10.0. The number of aromatic hydroxyl groups is 1. The highest BCUT2D eigenvalue weighted by Gasteiger charge is 2.15. The summed E-state index contributed by atoms with van der Waals surface area (Å²) in [5, 5.41) is 22.0. The van der Waals surface area contributed by atoms with E-state index in [9.17, 15) is 15.0 Å². The second-order valence-electron chi connectivity index (χ2n) is 5.38. The number of rotatable bonds is 5. The van der Waals surface area contributed by atoms with Gasteiger partial charge in [-0.2, -0.15) is 0 Å². The second kappa shape index (κ2) is 6.57. The van der Waals surface area contributed by atoms with Crippen molar-refractivity contribution in [3.63, 3.8) is 0 Å². The molecule has 0 aromatic heterocycles. The molecule has 0 heterocycles. The summed E-state index contributed by atoms with van der Waals surface area (Å²) in [6, 6.07) is 3.51. The van der Waals surface area contributed by atoms with Crippen LogP contribution in [0.3, 0.4) is 0 Å². The summed E-state index contributed by atoms with van der Waals surface area (Å²) in [4.78, 5) is 12.0. The molecule has 2 atom stereocenters. The molecule has 1 aromatic carbocycles. The molecule has 1 aromatic rings. The molecule has 0 bridgehead atoms. The van der Waals surface area contributed by atoms with Crippen molar-refractivity contribution in [3.05, 3.63) is 28.8 Å². The Kier molecular flexibility index (Phi) is 5.36. The van der Waals surface area contributed by atoms with E-state index in [1.54, 1.807) is 19.9 Å². The molecular formula is C15H23NO3. The van der Waals surface area contributed by atoms with Gasteiger partial charge in [0.2, 0.25) is 0 Å². The molecule has 19 heavy (non-hydrogen) atoms. The lowest BCUT2D eigenvalue weighted by Crippen LogP contribution is -2.29. The minimum atomic E-state index is -0.374. The van der Waals surface area contributed by atoms with Crippen LogP contribution >= 0.6 is 0 Å². The van der Waals surface area contributed by atoms with Crippen LogP contribution in [0.5, 0.6) is 5.75 Å². The number of aliphatic hydroxyl groups is 1. The number of benzene rings is 1. The molecule has 0 saturated heterocycles. The van der Waals surface area contributed by atoms with Gasteiger partial charge in [0.25, 0.3) is 5.91 Å². The van der Waals surface area contributed by atoms with E-state index in [1.807, 2.05) is 19.9 Å². The zero-order valence-electron chi connectivity index (χ0n) is 12.0. The summed E-state index contributed by atoms with van der Waals surface area (Å²) in [5.74, 6) is -0.0509. The van der Waals surface area contributed by atoms with Crippen molar-refractivity contribution < 1.29 is 15.0 Å². The highest BCUT2D eigenvalue weighted by molar-refractivity contribution is 5.97. The molecule has 4 heteroatoms. The van der Waals surface area contributed by atoms with E-state index in [-0.39, 0.29) is 23.7 Å². The van der Waals surface area contributed by atoms with Crippen LogP contribution in [0.2, 0.25) is 0 Å². The Hall–Kier alpha value is -1.55. The number of amides is 1. The maximum absolute atomic E-state index is 12.0. The Balaban J connectivity index is 2.69. The van der Waals surface area contributed by atoms with Crippen LogP contribution in [-0.4, -0.2) is 28.8 Å². The van der Waals surface area contributed by atoms with E-state index in [0.29, 0.717) is 24.1 Å². The number of phenols is 1. The molecule has 1 amide bonds. The van der Waals surface area contributed by atoms with Gasteiger partial charge in [-0.15, -0.1) is 0 Å². The standard InChI is InChI=1S/C15H23NO3/c1-9-5-11(3)14(18)13(7-9)15(19)16-8-10(2)6-12(4)17/h5,7,10,12,17-18H,6,8H2,1-4H3,(H,16,19).